The number of hydrogen-bond acceptors (Lipinski definition) is 10. The van der Waals surface area contributed by atoms with Gasteiger partial charge in [-0.2, -0.15) is 9.97 Å². The molecule has 2 N–H and O–H groups in total. The molecule has 2 saturated heterocycles. The average molecular weight is 536 g/mol. The highest BCUT2D eigenvalue weighted by Gasteiger charge is 2.32. The number of carbonyl (C=O) groups is 1. The van der Waals surface area contributed by atoms with E-state index in [2.05, 4.69) is 21.8 Å². The number of halogens is 1. The maximum atomic E-state index is 12.6. The van der Waals surface area contributed by atoms with Crippen molar-refractivity contribution in [1.29, 1.82) is 0 Å². The summed E-state index contributed by atoms with van der Waals surface area (Å²) in [5.74, 6) is 0.701. The van der Waals surface area contributed by atoms with Crippen molar-refractivity contribution < 1.29 is 29.0 Å². The number of nitrogens with zero attached hydrogens (tertiary/aromatic N) is 5. The molecule has 2 atom stereocenters. The Morgan fingerprint density at radius 2 is 1.97 bits per heavy atom. The number of likely N-dealkylation sites (tertiary alicyclic amines) is 1. The van der Waals surface area contributed by atoms with Crippen molar-refractivity contribution in [3.63, 3.8) is 0 Å². The van der Waals surface area contributed by atoms with Crippen LogP contribution in [-0.4, -0.2) is 101 Å². The van der Waals surface area contributed by atoms with Gasteiger partial charge in [0.05, 0.1) is 10.5 Å². The van der Waals surface area contributed by atoms with Gasteiger partial charge >= 0.3 is 19.4 Å². The lowest BCUT2D eigenvalue weighted by atomic mass is 10.1. The molecule has 0 radical (unpaired) electrons. The van der Waals surface area contributed by atoms with Crippen LogP contribution < -0.4 is 14.3 Å². The van der Waals surface area contributed by atoms with E-state index in [0.29, 0.717) is 43.0 Å². The Kier molecular flexibility index (Phi) is 8.22. The Morgan fingerprint density at radius 3 is 2.59 bits per heavy atom. The molecule has 2 aliphatic rings. The second kappa shape index (κ2) is 11.1. The fourth-order valence-electron chi connectivity index (χ4n) is 4.71. The Balaban J connectivity index is 1.64. The highest BCUT2D eigenvalue weighted by Crippen LogP contribution is 2.36. The number of amides is 1. The number of likely N-dealkylation sites (N-methyl/N-ethyl adjacent to an activating group) is 1. The van der Waals surface area contributed by atoms with E-state index >= 15 is 0 Å². The van der Waals surface area contributed by atoms with E-state index in [4.69, 9.17) is 30.7 Å². The van der Waals surface area contributed by atoms with Gasteiger partial charge in [-0.1, -0.05) is 11.6 Å². The summed E-state index contributed by atoms with van der Waals surface area (Å²) in [5.41, 5.74) is -0.0832. The van der Waals surface area contributed by atoms with E-state index < -0.39 is 12.9 Å². The predicted octanol–water partition coefficient (Wildman–Crippen LogP) is 2.55. The van der Waals surface area contributed by atoms with Gasteiger partial charge in [-0.3, -0.25) is 0 Å². The quantitative estimate of drug-likeness (QED) is 0.534. The number of rotatable bonds is 6. The molecule has 13 heteroatoms. The van der Waals surface area contributed by atoms with E-state index in [-0.39, 0.29) is 35.0 Å². The largest absolute Gasteiger partial charge is 0.707 e. The fraction of sp³-hybridized carbons (Fsp3) is 0.625. The van der Waals surface area contributed by atoms with Gasteiger partial charge in [0.15, 0.2) is 0 Å². The molecule has 1 aromatic heterocycles. The van der Waals surface area contributed by atoms with Crippen molar-refractivity contribution in [3.05, 3.63) is 17.2 Å². The first-order valence-corrected chi connectivity index (χ1v) is 12.9. The lowest BCUT2D eigenvalue weighted by Crippen LogP contribution is -2.54. The van der Waals surface area contributed by atoms with Gasteiger partial charge in [0.1, 0.15) is 23.8 Å². The van der Waals surface area contributed by atoms with Crippen molar-refractivity contribution in [2.45, 2.75) is 58.2 Å². The van der Waals surface area contributed by atoms with Gasteiger partial charge in [0.2, 0.25) is 0 Å². The minimum atomic E-state index is -2.02. The highest BCUT2D eigenvalue weighted by molar-refractivity contribution is 6.36. The minimum absolute atomic E-state index is 0.0813. The SMILES string of the molecule is C[C@H]1CN(C(=O)OC(C)(C)C)CCN1c1nc(OC[C@@H]2CCCN2C)nc2cc(OB(O)O)c(Cl)cc12. The number of ether oxygens (including phenoxy) is 2. The van der Waals surface area contributed by atoms with Crippen LogP contribution in [0, 0.1) is 0 Å². The topological polar surface area (TPSA) is 121 Å². The lowest BCUT2D eigenvalue weighted by Gasteiger charge is -2.41. The molecule has 0 unspecified atom stereocenters. The first-order chi connectivity index (χ1) is 17.4. The van der Waals surface area contributed by atoms with Gasteiger partial charge in [0, 0.05) is 43.2 Å². The minimum Gasteiger partial charge on any atom is -0.511 e. The van der Waals surface area contributed by atoms with Crippen LogP contribution in [0.15, 0.2) is 12.1 Å². The summed E-state index contributed by atoms with van der Waals surface area (Å²) >= 11 is 6.40. The molecule has 0 spiro atoms. The van der Waals surface area contributed by atoms with E-state index in [0.717, 1.165) is 19.4 Å². The van der Waals surface area contributed by atoms with Crippen LogP contribution >= 0.6 is 11.6 Å². The molecular formula is C24H35BClN5O6. The van der Waals surface area contributed by atoms with Gasteiger partial charge in [0.25, 0.3) is 0 Å². The second-order valence-corrected chi connectivity index (χ2v) is 11.0. The summed E-state index contributed by atoms with van der Waals surface area (Å²) in [6, 6.07) is 3.60. The number of hydrogen-bond donors (Lipinski definition) is 2. The summed E-state index contributed by atoms with van der Waals surface area (Å²) < 4.78 is 16.6. The van der Waals surface area contributed by atoms with E-state index in [1.165, 1.54) is 0 Å². The van der Waals surface area contributed by atoms with Crippen molar-refractivity contribution in [2.24, 2.45) is 0 Å². The highest BCUT2D eigenvalue weighted by atomic mass is 35.5. The molecule has 202 valence electrons. The monoisotopic (exact) mass is 535 g/mol. The summed E-state index contributed by atoms with van der Waals surface area (Å²) in [7, 11) is 0.0524. The lowest BCUT2D eigenvalue weighted by molar-refractivity contribution is 0.0218. The molecule has 2 fully saturated rings. The first-order valence-electron chi connectivity index (χ1n) is 12.5. The maximum Gasteiger partial charge on any atom is 0.707 e. The van der Waals surface area contributed by atoms with Crippen molar-refractivity contribution >= 4 is 41.7 Å². The number of piperazine rings is 1. The summed E-state index contributed by atoms with van der Waals surface area (Å²) in [5, 5.41) is 19.4. The third kappa shape index (κ3) is 6.67. The number of benzene rings is 1. The molecule has 0 saturated carbocycles. The number of anilines is 1. The summed E-state index contributed by atoms with van der Waals surface area (Å²) in [4.78, 5) is 28.0. The molecule has 37 heavy (non-hydrogen) atoms. The maximum absolute atomic E-state index is 12.6. The first kappa shape index (κ1) is 27.5. The van der Waals surface area contributed by atoms with E-state index in [1.54, 1.807) is 17.0 Å². The van der Waals surface area contributed by atoms with Crippen LogP contribution in [0.2, 0.25) is 5.02 Å². The third-order valence-corrected chi connectivity index (χ3v) is 6.86. The Hall–Kier alpha value is -2.54. The van der Waals surface area contributed by atoms with Gasteiger partial charge in [-0.05, 0) is 60.2 Å². The second-order valence-electron chi connectivity index (χ2n) is 10.6. The average Bonchev–Trinajstić information content (AvgIpc) is 3.21. The Morgan fingerprint density at radius 1 is 1.22 bits per heavy atom. The standard InChI is InChI=1S/C24H35BClN5O6/c1-15-13-30(23(32)36-24(2,3)4)9-10-31(15)21-17-11-18(26)20(37-25(33)34)12-19(17)27-22(28-21)35-14-16-7-6-8-29(16)5/h11-12,15-16,33-34H,6-10,13-14H2,1-5H3/t15-,16-/m0/s1. The van der Waals surface area contributed by atoms with Crippen LogP contribution in [0.5, 0.6) is 11.8 Å². The van der Waals surface area contributed by atoms with Crippen LogP contribution in [0.3, 0.4) is 0 Å². The van der Waals surface area contributed by atoms with Crippen LogP contribution in [0.4, 0.5) is 10.6 Å². The van der Waals surface area contributed by atoms with E-state index in [1.807, 2.05) is 27.7 Å². The fourth-order valence-corrected chi connectivity index (χ4v) is 4.91. The molecule has 0 aliphatic carbocycles. The molecule has 1 amide bonds. The normalized spacial score (nSPS) is 20.9. The smallest absolute Gasteiger partial charge is 0.511 e. The molecule has 2 aromatic rings. The number of fused-ring (bicyclic) bond motifs is 1. The molecule has 4 rings (SSSR count). The molecule has 11 nitrogen and oxygen atoms in total. The Labute approximate surface area is 222 Å². The summed E-state index contributed by atoms with van der Waals surface area (Å²) in [6.45, 7) is 10.5. The van der Waals surface area contributed by atoms with Gasteiger partial charge in [-0.25, -0.2) is 4.79 Å². The van der Waals surface area contributed by atoms with Crippen LogP contribution in [0.25, 0.3) is 10.9 Å². The molecule has 0 bridgehead atoms. The molecule has 1 aromatic carbocycles. The van der Waals surface area contributed by atoms with Crippen molar-refractivity contribution in [2.75, 3.05) is 44.7 Å². The Bertz CT molecular complexity index is 1130. The van der Waals surface area contributed by atoms with E-state index in [9.17, 15) is 14.8 Å². The third-order valence-electron chi connectivity index (χ3n) is 6.57. The van der Waals surface area contributed by atoms with Crippen molar-refractivity contribution in [3.8, 4) is 11.8 Å². The van der Waals surface area contributed by atoms with Gasteiger partial charge in [-0.15, -0.1) is 0 Å². The number of aromatic nitrogens is 2. The van der Waals surface area contributed by atoms with Crippen LogP contribution in [0.1, 0.15) is 40.5 Å². The van der Waals surface area contributed by atoms with Gasteiger partial charge < -0.3 is 38.9 Å². The predicted molar refractivity (Wildman–Crippen MR) is 141 cm³/mol. The molecule has 3 heterocycles. The molecular weight excluding hydrogens is 501 g/mol. The zero-order valence-corrected chi connectivity index (χ0v) is 22.7. The number of carbonyl (C=O) groups excluding carboxylic acids is 1. The summed E-state index contributed by atoms with van der Waals surface area (Å²) in [6.07, 6.45) is 1.82. The zero-order chi connectivity index (χ0) is 26.9. The van der Waals surface area contributed by atoms with Crippen molar-refractivity contribution in [1.82, 2.24) is 19.8 Å². The zero-order valence-electron chi connectivity index (χ0n) is 22.0. The van der Waals surface area contributed by atoms with Crippen LogP contribution in [-0.2, 0) is 4.74 Å². The molecule has 2 aliphatic heterocycles.